The fourth-order valence-corrected chi connectivity index (χ4v) is 2.08. The molecular weight excluding hydrogens is 174 g/mol. The van der Waals surface area contributed by atoms with Crippen molar-refractivity contribution in [3.8, 4) is 0 Å². The minimum absolute atomic E-state index is 0.443. The number of nitrogens with one attached hydrogen (secondary N) is 1. The van der Waals surface area contributed by atoms with Gasteiger partial charge in [-0.1, -0.05) is 6.08 Å². The van der Waals surface area contributed by atoms with E-state index in [1.54, 1.807) is 0 Å². The van der Waals surface area contributed by atoms with Crippen LogP contribution in [0.25, 0.3) is 0 Å². The summed E-state index contributed by atoms with van der Waals surface area (Å²) in [7, 11) is 2.04. The first-order chi connectivity index (χ1) is 6.88. The molecule has 0 bridgehead atoms. The van der Waals surface area contributed by atoms with Gasteiger partial charge in [-0.25, -0.2) is 0 Å². The third-order valence-corrected chi connectivity index (χ3v) is 2.96. The number of hydrogen-bond donors (Lipinski definition) is 1. The predicted molar refractivity (Wildman–Crippen MR) is 60.5 cm³/mol. The van der Waals surface area contributed by atoms with Crippen LogP contribution < -0.4 is 5.32 Å². The van der Waals surface area contributed by atoms with Crippen LogP contribution in [0.2, 0.25) is 0 Å². The number of likely N-dealkylation sites (N-methyl/N-ethyl adjacent to an activating group) is 1. The largest absolute Gasteiger partial charge is 0.377 e. The van der Waals surface area contributed by atoms with Crippen molar-refractivity contribution < 1.29 is 4.74 Å². The number of unbranched alkanes of at least 4 members (excludes halogenated alkanes) is 1. The van der Waals surface area contributed by atoms with Crippen LogP contribution in [0.1, 0.15) is 38.5 Å². The van der Waals surface area contributed by atoms with Crippen LogP contribution in [0.4, 0.5) is 0 Å². The highest BCUT2D eigenvalue weighted by Gasteiger charge is 2.22. The van der Waals surface area contributed by atoms with Crippen LogP contribution in [-0.4, -0.2) is 25.8 Å². The van der Waals surface area contributed by atoms with Crippen LogP contribution >= 0.6 is 0 Å². The molecule has 0 aromatic rings. The zero-order valence-corrected chi connectivity index (χ0v) is 9.30. The molecule has 0 radical (unpaired) electrons. The van der Waals surface area contributed by atoms with Crippen molar-refractivity contribution in [2.75, 3.05) is 13.7 Å². The predicted octanol–water partition coefficient (Wildman–Crippen LogP) is 2.50. The van der Waals surface area contributed by atoms with Crippen LogP contribution in [0.15, 0.2) is 12.7 Å². The Kier molecular flexibility index (Phi) is 5.88. The van der Waals surface area contributed by atoms with E-state index in [0.717, 1.165) is 13.0 Å². The molecule has 82 valence electrons. The minimum atomic E-state index is 0.443. The fourth-order valence-electron chi connectivity index (χ4n) is 2.08. The van der Waals surface area contributed by atoms with E-state index in [2.05, 4.69) is 11.9 Å². The zero-order valence-electron chi connectivity index (χ0n) is 9.30. The summed E-state index contributed by atoms with van der Waals surface area (Å²) in [6.07, 6.45) is 9.75. The summed E-state index contributed by atoms with van der Waals surface area (Å²) in [6, 6.07) is 0.537. The first kappa shape index (κ1) is 11.7. The van der Waals surface area contributed by atoms with Crippen molar-refractivity contribution in [2.24, 2.45) is 0 Å². The van der Waals surface area contributed by atoms with Gasteiger partial charge in [-0.05, 0) is 45.6 Å². The van der Waals surface area contributed by atoms with Crippen molar-refractivity contribution in [2.45, 2.75) is 50.7 Å². The van der Waals surface area contributed by atoms with E-state index in [4.69, 9.17) is 4.74 Å². The number of hydrogen-bond acceptors (Lipinski definition) is 2. The van der Waals surface area contributed by atoms with E-state index >= 15 is 0 Å². The maximum Gasteiger partial charge on any atom is 0.0727 e. The standard InChI is InChI=1S/C12H23NO/c1-3-4-5-8-11(13-2)12-9-6-7-10-14-12/h3,11-13H,1,4-10H2,2H3. The molecule has 1 N–H and O–H groups in total. The summed E-state index contributed by atoms with van der Waals surface area (Å²) in [5.41, 5.74) is 0. The van der Waals surface area contributed by atoms with Gasteiger partial charge >= 0.3 is 0 Å². The van der Waals surface area contributed by atoms with Gasteiger partial charge in [-0.2, -0.15) is 0 Å². The summed E-state index contributed by atoms with van der Waals surface area (Å²) in [5, 5.41) is 3.37. The molecule has 2 nitrogen and oxygen atoms in total. The van der Waals surface area contributed by atoms with Crippen LogP contribution in [0.3, 0.4) is 0 Å². The number of rotatable bonds is 6. The molecule has 0 spiro atoms. The third-order valence-electron chi connectivity index (χ3n) is 2.96. The molecule has 2 heteroatoms. The Hall–Kier alpha value is -0.340. The average Bonchev–Trinajstić information content (AvgIpc) is 2.26. The molecule has 1 heterocycles. The van der Waals surface area contributed by atoms with Crippen molar-refractivity contribution in [3.05, 3.63) is 12.7 Å². The Balaban J connectivity index is 2.24. The van der Waals surface area contributed by atoms with Gasteiger partial charge in [0.05, 0.1) is 6.10 Å². The fraction of sp³-hybridized carbons (Fsp3) is 0.833. The Labute approximate surface area is 87.7 Å². The smallest absolute Gasteiger partial charge is 0.0727 e. The third kappa shape index (κ3) is 3.81. The van der Waals surface area contributed by atoms with Crippen molar-refractivity contribution in [1.29, 1.82) is 0 Å². The minimum Gasteiger partial charge on any atom is -0.377 e. The molecule has 1 aliphatic rings. The maximum absolute atomic E-state index is 5.77. The molecule has 1 saturated heterocycles. The first-order valence-corrected chi connectivity index (χ1v) is 5.78. The van der Waals surface area contributed by atoms with Crippen LogP contribution in [0, 0.1) is 0 Å². The molecule has 1 rings (SSSR count). The van der Waals surface area contributed by atoms with Gasteiger partial charge in [0.1, 0.15) is 0 Å². The molecule has 14 heavy (non-hydrogen) atoms. The van der Waals surface area contributed by atoms with Crippen molar-refractivity contribution >= 4 is 0 Å². The Bertz CT molecular complexity index is 152. The lowest BCUT2D eigenvalue weighted by atomic mass is 9.98. The van der Waals surface area contributed by atoms with E-state index in [1.807, 2.05) is 13.1 Å². The summed E-state index contributed by atoms with van der Waals surface area (Å²) in [6.45, 7) is 4.69. The Morgan fingerprint density at radius 1 is 1.57 bits per heavy atom. The molecule has 0 amide bonds. The summed E-state index contributed by atoms with van der Waals surface area (Å²) in [4.78, 5) is 0. The molecule has 0 aromatic carbocycles. The van der Waals surface area contributed by atoms with E-state index in [1.165, 1.54) is 32.1 Å². The summed E-state index contributed by atoms with van der Waals surface area (Å²) in [5.74, 6) is 0. The van der Waals surface area contributed by atoms with Gasteiger partial charge in [0.25, 0.3) is 0 Å². The molecular formula is C12H23NO. The monoisotopic (exact) mass is 197 g/mol. The molecule has 1 aliphatic heterocycles. The lowest BCUT2D eigenvalue weighted by molar-refractivity contribution is -0.00799. The molecule has 0 saturated carbocycles. The quantitative estimate of drug-likeness (QED) is 0.522. The molecule has 0 aromatic heterocycles. The second kappa shape index (κ2) is 7.02. The molecule has 2 atom stereocenters. The summed E-state index contributed by atoms with van der Waals surface area (Å²) >= 11 is 0. The molecule has 2 unspecified atom stereocenters. The second-order valence-corrected chi connectivity index (χ2v) is 4.02. The van der Waals surface area contributed by atoms with Gasteiger partial charge in [-0.3, -0.25) is 0 Å². The highest BCUT2D eigenvalue weighted by atomic mass is 16.5. The SMILES string of the molecule is C=CCCCC(NC)C1CCCCO1. The first-order valence-electron chi connectivity index (χ1n) is 5.78. The lowest BCUT2D eigenvalue weighted by Gasteiger charge is -2.30. The van der Waals surface area contributed by atoms with E-state index in [0.29, 0.717) is 12.1 Å². The number of ether oxygens (including phenoxy) is 1. The number of allylic oxidation sites excluding steroid dienone is 1. The zero-order chi connectivity index (χ0) is 10.2. The van der Waals surface area contributed by atoms with Gasteiger partial charge in [0, 0.05) is 12.6 Å². The van der Waals surface area contributed by atoms with E-state index in [-0.39, 0.29) is 0 Å². The van der Waals surface area contributed by atoms with E-state index in [9.17, 15) is 0 Å². The normalized spacial score (nSPS) is 24.5. The van der Waals surface area contributed by atoms with Crippen molar-refractivity contribution in [1.82, 2.24) is 5.32 Å². The maximum atomic E-state index is 5.77. The second-order valence-electron chi connectivity index (χ2n) is 4.02. The van der Waals surface area contributed by atoms with E-state index < -0.39 is 0 Å². The van der Waals surface area contributed by atoms with Gasteiger partial charge in [-0.15, -0.1) is 6.58 Å². The Morgan fingerprint density at radius 2 is 2.43 bits per heavy atom. The lowest BCUT2D eigenvalue weighted by Crippen LogP contribution is -2.41. The van der Waals surface area contributed by atoms with Crippen LogP contribution in [0.5, 0.6) is 0 Å². The van der Waals surface area contributed by atoms with Crippen molar-refractivity contribution in [3.63, 3.8) is 0 Å². The van der Waals surface area contributed by atoms with Gasteiger partial charge in [0.2, 0.25) is 0 Å². The van der Waals surface area contributed by atoms with Gasteiger partial charge in [0.15, 0.2) is 0 Å². The highest BCUT2D eigenvalue weighted by molar-refractivity contribution is 4.79. The Morgan fingerprint density at radius 3 is 3.00 bits per heavy atom. The summed E-state index contributed by atoms with van der Waals surface area (Å²) < 4.78 is 5.77. The molecule has 1 fully saturated rings. The highest BCUT2D eigenvalue weighted by Crippen LogP contribution is 2.18. The van der Waals surface area contributed by atoms with Gasteiger partial charge < -0.3 is 10.1 Å². The average molecular weight is 197 g/mol. The topological polar surface area (TPSA) is 21.3 Å². The molecule has 0 aliphatic carbocycles. The van der Waals surface area contributed by atoms with Crippen LogP contribution in [-0.2, 0) is 4.74 Å².